The summed E-state index contributed by atoms with van der Waals surface area (Å²) < 4.78 is 6.66. The fraction of sp³-hybridized carbons (Fsp3) is 0.310. The van der Waals surface area contributed by atoms with Crippen LogP contribution in [-0.2, 0) is 24.9 Å². The molecule has 1 radical (unpaired) electrons. The number of pyridine rings is 2. The fourth-order valence-corrected chi connectivity index (χ4v) is 6.52. The predicted octanol–water partition coefficient (Wildman–Crippen LogP) is 11.5. The van der Waals surface area contributed by atoms with Crippen molar-refractivity contribution >= 4 is 38.5 Å². The third-order valence-electron chi connectivity index (χ3n) is 9.52. The largest absolute Gasteiger partial charge is 0.512 e. The van der Waals surface area contributed by atoms with Crippen LogP contribution in [0.1, 0.15) is 70.1 Å². The van der Waals surface area contributed by atoms with Gasteiger partial charge in [0.25, 0.3) is 0 Å². The van der Waals surface area contributed by atoms with Crippen molar-refractivity contribution in [1.82, 2.24) is 9.97 Å². The number of allylic oxidation sites excluding steroid dienone is 2. The maximum absolute atomic E-state index is 11.7. The Hall–Kier alpha value is -4.12. The second-order valence-electron chi connectivity index (χ2n) is 12.3. The summed E-state index contributed by atoms with van der Waals surface area (Å²) in [5.74, 6) is 0.547. The Morgan fingerprint density at radius 2 is 1.60 bits per heavy atom. The van der Waals surface area contributed by atoms with Crippen molar-refractivity contribution in [3.63, 3.8) is 0 Å². The molecule has 0 atom stereocenters. The molecule has 0 spiro atoms. The number of aryl methyl sites for hydroxylation is 2. The second kappa shape index (κ2) is 16.3. The molecule has 3 aromatic heterocycles. The minimum Gasteiger partial charge on any atom is -0.512 e. The molecule has 0 fully saturated rings. The van der Waals surface area contributed by atoms with Crippen LogP contribution in [0.25, 0.3) is 55.1 Å². The Bertz CT molecular complexity index is 2060. The zero-order valence-corrected chi connectivity index (χ0v) is 31.4. The molecule has 0 amide bonds. The number of carbonyl (C=O) groups is 1. The van der Waals surface area contributed by atoms with Crippen molar-refractivity contribution in [2.75, 3.05) is 0 Å². The Balaban J connectivity index is 0.000000279. The first-order chi connectivity index (χ1) is 22.7. The van der Waals surface area contributed by atoms with E-state index in [0.29, 0.717) is 0 Å². The number of hydrogen-bond acceptors (Lipinski definition) is 5. The van der Waals surface area contributed by atoms with Gasteiger partial charge in [-0.25, -0.2) is 0 Å². The molecule has 48 heavy (non-hydrogen) atoms. The summed E-state index contributed by atoms with van der Waals surface area (Å²) in [4.78, 5) is 20.7. The summed E-state index contributed by atoms with van der Waals surface area (Å²) in [6.07, 6.45) is 10.5. The molecule has 6 heteroatoms. The van der Waals surface area contributed by atoms with Gasteiger partial charge in [-0.05, 0) is 91.9 Å². The number of hydrogen-bond donors (Lipinski definition) is 1. The van der Waals surface area contributed by atoms with E-state index in [2.05, 4.69) is 67.1 Å². The number of ketones is 1. The number of fused-ring (bicyclic) bond motifs is 4. The van der Waals surface area contributed by atoms with Crippen LogP contribution in [0.4, 0.5) is 0 Å². The quantitative estimate of drug-likeness (QED) is 0.0893. The smallest absolute Gasteiger partial charge is 0.162 e. The Morgan fingerprint density at radius 1 is 0.875 bits per heavy atom. The average molecular weight is 818 g/mol. The minimum atomic E-state index is 0. The summed E-state index contributed by atoms with van der Waals surface area (Å²) in [5, 5.41) is 14.3. The number of aliphatic hydroxyl groups is 1. The molecule has 0 aliphatic rings. The van der Waals surface area contributed by atoms with Crippen LogP contribution in [0, 0.1) is 38.7 Å². The normalized spacial score (nSPS) is 11.6. The summed E-state index contributed by atoms with van der Waals surface area (Å²) in [6.45, 7) is 14.6. The molecule has 6 rings (SSSR count). The molecule has 0 aliphatic heterocycles. The van der Waals surface area contributed by atoms with E-state index < -0.39 is 0 Å². The standard InChI is InChI=1S/C29H21N2O.C13H24O2.Ir/c1-17-10-11-23(27-19(3)18(2)15-20-12-14-30-16-24(20)27)29-26(17)22-8-6-7-21(28(22)32-29)25-9-4-5-13-31-25;1-5-10(6-2)12(14)9-13(15)11(7-3)8-4;/h4-6,8-16H,1-3H3;9-11,14H,5-8H2,1-4H3;/q-1;;/b;12-9-;. The molecule has 0 saturated heterocycles. The number of aliphatic hydroxyl groups excluding tert-OH is 1. The van der Waals surface area contributed by atoms with Crippen LogP contribution in [0.3, 0.4) is 0 Å². The Labute approximate surface area is 297 Å². The first-order valence-corrected chi connectivity index (χ1v) is 16.8. The fourth-order valence-electron chi connectivity index (χ4n) is 6.52. The van der Waals surface area contributed by atoms with E-state index in [4.69, 9.17) is 4.42 Å². The van der Waals surface area contributed by atoms with Crippen LogP contribution in [0.5, 0.6) is 0 Å². The molecule has 6 aromatic rings. The van der Waals surface area contributed by atoms with E-state index in [9.17, 15) is 9.90 Å². The maximum Gasteiger partial charge on any atom is 0.162 e. The van der Waals surface area contributed by atoms with Gasteiger partial charge in [-0.15, -0.1) is 18.2 Å². The van der Waals surface area contributed by atoms with Gasteiger partial charge in [0.15, 0.2) is 5.78 Å². The number of nitrogens with zero attached hydrogens (tertiary/aromatic N) is 2. The second-order valence-corrected chi connectivity index (χ2v) is 12.3. The first-order valence-electron chi connectivity index (χ1n) is 16.8. The molecule has 5 nitrogen and oxygen atoms in total. The van der Waals surface area contributed by atoms with E-state index in [0.717, 1.165) is 69.8 Å². The van der Waals surface area contributed by atoms with Crippen molar-refractivity contribution in [2.45, 2.75) is 74.1 Å². The van der Waals surface area contributed by atoms with Crippen molar-refractivity contribution in [1.29, 1.82) is 0 Å². The number of furan rings is 1. The van der Waals surface area contributed by atoms with Crippen LogP contribution in [0.15, 0.2) is 89.4 Å². The van der Waals surface area contributed by atoms with Crippen molar-refractivity contribution in [3.8, 4) is 22.4 Å². The van der Waals surface area contributed by atoms with Crippen LogP contribution in [-0.4, -0.2) is 20.9 Å². The predicted molar refractivity (Wildman–Crippen MR) is 195 cm³/mol. The molecule has 3 aromatic carbocycles. The molecular formula is C42H45IrN2O3-. The van der Waals surface area contributed by atoms with Gasteiger partial charge in [0, 0.05) is 72.9 Å². The van der Waals surface area contributed by atoms with Gasteiger partial charge in [-0.3, -0.25) is 9.78 Å². The topological polar surface area (TPSA) is 76.2 Å². The number of benzene rings is 3. The number of rotatable bonds is 9. The molecule has 1 N–H and O–H groups in total. The summed E-state index contributed by atoms with van der Waals surface area (Å²) in [5.41, 5.74) is 9.43. The van der Waals surface area contributed by atoms with Gasteiger partial charge in [0.2, 0.25) is 0 Å². The van der Waals surface area contributed by atoms with Gasteiger partial charge < -0.3 is 14.5 Å². The molecule has 251 valence electrons. The molecular weight excluding hydrogens is 773 g/mol. The van der Waals surface area contributed by atoms with Crippen molar-refractivity contribution in [2.24, 2.45) is 11.8 Å². The van der Waals surface area contributed by atoms with E-state index in [1.165, 1.54) is 33.7 Å². The number of aromatic nitrogens is 2. The zero-order valence-electron chi connectivity index (χ0n) is 29.0. The van der Waals surface area contributed by atoms with Crippen LogP contribution in [0.2, 0.25) is 0 Å². The van der Waals surface area contributed by atoms with Crippen molar-refractivity contribution < 1.29 is 34.4 Å². The van der Waals surface area contributed by atoms with Gasteiger partial charge >= 0.3 is 0 Å². The molecule has 0 saturated carbocycles. The molecule has 0 bridgehead atoms. The molecule has 3 heterocycles. The van der Waals surface area contributed by atoms with E-state index >= 15 is 0 Å². The Kier molecular flexibility index (Phi) is 12.5. The van der Waals surface area contributed by atoms with Crippen LogP contribution < -0.4 is 0 Å². The third-order valence-corrected chi connectivity index (χ3v) is 9.52. The van der Waals surface area contributed by atoms with Gasteiger partial charge in [0.1, 0.15) is 5.58 Å². The van der Waals surface area contributed by atoms with Gasteiger partial charge in [-0.1, -0.05) is 69.0 Å². The van der Waals surface area contributed by atoms with E-state index in [-0.39, 0.29) is 43.5 Å². The minimum absolute atomic E-state index is 0. The third kappa shape index (κ3) is 7.31. The Morgan fingerprint density at radius 3 is 2.27 bits per heavy atom. The van der Waals surface area contributed by atoms with E-state index in [1.54, 1.807) is 6.20 Å². The summed E-state index contributed by atoms with van der Waals surface area (Å²) in [6, 6.07) is 22.0. The first kappa shape index (κ1) is 36.7. The van der Waals surface area contributed by atoms with E-state index in [1.807, 2.05) is 64.4 Å². The zero-order chi connectivity index (χ0) is 33.7. The maximum atomic E-state index is 11.7. The molecule has 0 aliphatic carbocycles. The van der Waals surface area contributed by atoms with Gasteiger partial charge in [0.05, 0.1) is 11.3 Å². The van der Waals surface area contributed by atoms with Gasteiger partial charge in [-0.2, -0.15) is 0 Å². The van der Waals surface area contributed by atoms with Crippen molar-refractivity contribution in [3.05, 3.63) is 108 Å². The summed E-state index contributed by atoms with van der Waals surface area (Å²) in [7, 11) is 0. The average Bonchev–Trinajstić information content (AvgIpc) is 3.49. The number of carbonyl (C=O) groups excluding carboxylic acids is 1. The van der Waals surface area contributed by atoms with Crippen LogP contribution >= 0.6 is 0 Å². The monoisotopic (exact) mass is 818 g/mol. The molecule has 0 unspecified atom stereocenters. The summed E-state index contributed by atoms with van der Waals surface area (Å²) >= 11 is 0. The SMILES string of the molecule is CCC(CC)C(=O)/C=C(\O)C(CC)CC.Cc1cc2ccncc2c(-c2ccc(C)c3c2oc2c(-c4ccccn4)[c-]ccc23)c1C.[Ir].